The number of rotatable bonds is 8. The number of nitrogens with one attached hydrogen (secondary N) is 1. The van der Waals surface area contributed by atoms with Crippen molar-refractivity contribution in [2.45, 2.75) is 24.9 Å². The molecule has 0 saturated carbocycles. The van der Waals surface area contributed by atoms with Crippen molar-refractivity contribution in [2.24, 2.45) is 0 Å². The van der Waals surface area contributed by atoms with Crippen LogP contribution in [0.2, 0.25) is 0 Å². The number of methoxy groups -OCH3 is 1. The van der Waals surface area contributed by atoms with E-state index in [1.165, 1.54) is 0 Å². The van der Waals surface area contributed by atoms with Crippen molar-refractivity contribution in [1.29, 1.82) is 0 Å². The van der Waals surface area contributed by atoms with Crippen LogP contribution in [0.15, 0.2) is 82.0 Å². The van der Waals surface area contributed by atoms with E-state index in [2.05, 4.69) is 5.32 Å². The van der Waals surface area contributed by atoms with E-state index in [4.69, 9.17) is 18.6 Å². The SMILES string of the molecule is COc1ccc(NC(=O)[C@H]2Oc3c(c(=O)oc4ccccc34)[C@@H]2c2ccc(OCCN3CCCC3=O)cc2)cc1. The standard InChI is InChI=1S/C31H28N2O7/c1-37-21-14-10-20(11-15-21)32-30(35)29-26(27-28(40-29)23-5-2-3-6-24(23)39-31(27)36)19-8-12-22(13-9-19)38-18-17-33-16-4-7-25(33)34/h2-3,5-6,8-15,26,29H,4,7,16-18H2,1H3,(H,32,35)/t26-,29-/m0/s1. The van der Waals surface area contributed by atoms with Gasteiger partial charge in [0.2, 0.25) is 5.91 Å². The van der Waals surface area contributed by atoms with Crippen LogP contribution in [0, 0.1) is 0 Å². The summed E-state index contributed by atoms with van der Waals surface area (Å²) in [6.07, 6.45) is 0.462. The molecule has 3 heterocycles. The summed E-state index contributed by atoms with van der Waals surface area (Å²) >= 11 is 0. The lowest BCUT2D eigenvalue weighted by molar-refractivity contribution is -0.128. The summed E-state index contributed by atoms with van der Waals surface area (Å²) in [7, 11) is 1.57. The molecule has 2 atom stereocenters. The van der Waals surface area contributed by atoms with Crippen LogP contribution in [0.1, 0.15) is 29.9 Å². The van der Waals surface area contributed by atoms with E-state index in [9.17, 15) is 14.4 Å². The van der Waals surface area contributed by atoms with Crippen molar-refractivity contribution in [3.05, 3.63) is 94.3 Å². The molecule has 9 nitrogen and oxygen atoms in total. The second-order valence-corrected chi connectivity index (χ2v) is 9.76. The van der Waals surface area contributed by atoms with Crippen molar-refractivity contribution in [3.63, 3.8) is 0 Å². The minimum Gasteiger partial charge on any atom is -0.497 e. The zero-order valence-corrected chi connectivity index (χ0v) is 21.9. The van der Waals surface area contributed by atoms with Crippen LogP contribution in [-0.2, 0) is 9.59 Å². The van der Waals surface area contributed by atoms with Gasteiger partial charge in [-0.1, -0.05) is 24.3 Å². The predicted octanol–water partition coefficient (Wildman–Crippen LogP) is 4.33. The number of benzene rings is 3. The Morgan fingerprint density at radius 2 is 1.75 bits per heavy atom. The monoisotopic (exact) mass is 540 g/mol. The Kier molecular flexibility index (Phi) is 6.86. The minimum atomic E-state index is -1.02. The Morgan fingerprint density at radius 3 is 2.48 bits per heavy atom. The summed E-state index contributed by atoms with van der Waals surface area (Å²) < 4.78 is 22.9. The highest BCUT2D eigenvalue weighted by molar-refractivity contribution is 5.97. The first-order chi connectivity index (χ1) is 19.5. The molecule has 2 aliphatic heterocycles. The Morgan fingerprint density at radius 1 is 1.00 bits per heavy atom. The summed E-state index contributed by atoms with van der Waals surface area (Å²) in [5.41, 5.74) is 1.42. The quantitative estimate of drug-likeness (QED) is 0.332. The Hall–Kier alpha value is -4.79. The highest BCUT2D eigenvalue weighted by Crippen LogP contribution is 2.44. The van der Waals surface area contributed by atoms with E-state index in [0.717, 1.165) is 13.0 Å². The molecular weight excluding hydrogens is 512 g/mol. The maximum atomic E-state index is 13.6. The molecule has 1 fully saturated rings. The van der Waals surface area contributed by atoms with E-state index in [0.29, 0.717) is 64.6 Å². The molecule has 2 amide bonds. The molecule has 9 heteroatoms. The number of nitrogens with zero attached hydrogens (tertiary/aromatic N) is 1. The van der Waals surface area contributed by atoms with Gasteiger partial charge in [0.15, 0.2) is 6.10 Å². The number of amides is 2. The molecule has 1 saturated heterocycles. The number of carbonyl (C=O) groups is 2. The number of fused-ring (bicyclic) bond motifs is 3. The molecule has 0 spiro atoms. The molecule has 0 radical (unpaired) electrons. The molecule has 1 N–H and O–H groups in total. The molecule has 40 heavy (non-hydrogen) atoms. The van der Waals surface area contributed by atoms with Gasteiger partial charge in [-0.3, -0.25) is 9.59 Å². The highest BCUT2D eigenvalue weighted by atomic mass is 16.5. The van der Waals surface area contributed by atoms with Crippen molar-refractivity contribution < 1.29 is 28.2 Å². The van der Waals surface area contributed by atoms with Crippen LogP contribution in [0.5, 0.6) is 17.2 Å². The zero-order chi connectivity index (χ0) is 27.6. The number of carbonyl (C=O) groups excluding carboxylic acids is 2. The molecule has 204 valence electrons. The molecule has 4 aromatic rings. The van der Waals surface area contributed by atoms with Gasteiger partial charge < -0.3 is 28.8 Å². The van der Waals surface area contributed by atoms with Crippen LogP contribution in [0.4, 0.5) is 5.69 Å². The van der Waals surface area contributed by atoms with E-state index >= 15 is 0 Å². The lowest BCUT2D eigenvalue weighted by atomic mass is 9.88. The fourth-order valence-electron chi connectivity index (χ4n) is 5.30. The highest BCUT2D eigenvalue weighted by Gasteiger charge is 2.44. The van der Waals surface area contributed by atoms with Gasteiger partial charge in [0.25, 0.3) is 5.91 Å². The fraction of sp³-hybridized carbons (Fsp3) is 0.258. The minimum absolute atomic E-state index is 0.157. The average Bonchev–Trinajstić information content (AvgIpc) is 3.58. The van der Waals surface area contributed by atoms with Crippen molar-refractivity contribution in [1.82, 2.24) is 4.90 Å². The third kappa shape index (κ3) is 4.86. The van der Waals surface area contributed by atoms with E-state index < -0.39 is 23.6 Å². The lowest BCUT2D eigenvalue weighted by Gasteiger charge is -2.19. The number of para-hydroxylation sites is 1. The number of likely N-dealkylation sites (tertiary alicyclic amines) is 1. The topological polar surface area (TPSA) is 107 Å². The first-order valence-electron chi connectivity index (χ1n) is 13.2. The predicted molar refractivity (Wildman–Crippen MR) is 148 cm³/mol. The van der Waals surface area contributed by atoms with Crippen molar-refractivity contribution in [3.8, 4) is 17.2 Å². The molecule has 0 unspecified atom stereocenters. The van der Waals surface area contributed by atoms with Crippen LogP contribution in [0.3, 0.4) is 0 Å². The summed E-state index contributed by atoms with van der Waals surface area (Å²) in [6, 6.07) is 21.3. The zero-order valence-electron chi connectivity index (χ0n) is 21.9. The maximum Gasteiger partial charge on any atom is 0.344 e. The molecular formula is C31H28N2O7. The van der Waals surface area contributed by atoms with Gasteiger partial charge >= 0.3 is 5.63 Å². The third-order valence-electron chi connectivity index (χ3n) is 7.31. The Labute approximate surface area is 230 Å². The van der Waals surface area contributed by atoms with E-state index in [1.54, 1.807) is 66.6 Å². The molecule has 6 rings (SSSR count). The summed E-state index contributed by atoms with van der Waals surface area (Å²) in [5.74, 6) is 0.695. The average molecular weight is 541 g/mol. The van der Waals surface area contributed by atoms with Crippen LogP contribution in [0.25, 0.3) is 11.0 Å². The number of ether oxygens (including phenoxy) is 3. The van der Waals surface area contributed by atoms with E-state index in [-0.39, 0.29) is 5.91 Å². The molecule has 0 bridgehead atoms. The van der Waals surface area contributed by atoms with Gasteiger partial charge in [0.1, 0.15) is 29.4 Å². The van der Waals surface area contributed by atoms with Gasteiger partial charge in [0, 0.05) is 18.7 Å². The van der Waals surface area contributed by atoms with Crippen LogP contribution < -0.4 is 25.2 Å². The summed E-state index contributed by atoms with van der Waals surface area (Å²) in [4.78, 5) is 40.4. The second-order valence-electron chi connectivity index (χ2n) is 9.76. The van der Waals surface area contributed by atoms with Gasteiger partial charge in [0.05, 0.1) is 30.5 Å². The third-order valence-corrected chi connectivity index (χ3v) is 7.31. The second kappa shape index (κ2) is 10.8. The van der Waals surface area contributed by atoms with Crippen molar-refractivity contribution in [2.75, 3.05) is 32.1 Å². The maximum absolute atomic E-state index is 13.6. The largest absolute Gasteiger partial charge is 0.497 e. The first kappa shape index (κ1) is 25.5. The molecule has 1 aromatic heterocycles. The van der Waals surface area contributed by atoms with Crippen LogP contribution >= 0.6 is 0 Å². The number of hydrogen-bond donors (Lipinski definition) is 1. The van der Waals surface area contributed by atoms with Gasteiger partial charge in [-0.2, -0.15) is 0 Å². The fourth-order valence-corrected chi connectivity index (χ4v) is 5.30. The first-order valence-corrected chi connectivity index (χ1v) is 13.2. The molecule has 2 aliphatic rings. The smallest absolute Gasteiger partial charge is 0.344 e. The lowest BCUT2D eigenvalue weighted by Crippen LogP contribution is -2.35. The van der Waals surface area contributed by atoms with E-state index in [1.807, 2.05) is 18.2 Å². The van der Waals surface area contributed by atoms with Gasteiger partial charge in [-0.15, -0.1) is 0 Å². The normalized spacial score (nSPS) is 17.9. The molecule has 0 aliphatic carbocycles. The molecule has 3 aromatic carbocycles. The Balaban J connectivity index is 1.29. The van der Waals surface area contributed by atoms with Gasteiger partial charge in [-0.05, 0) is 60.5 Å². The summed E-state index contributed by atoms with van der Waals surface area (Å²) in [5, 5.41) is 3.52. The number of hydrogen-bond acceptors (Lipinski definition) is 7. The number of anilines is 1. The van der Waals surface area contributed by atoms with Crippen LogP contribution in [-0.4, -0.2) is 49.6 Å². The summed E-state index contributed by atoms with van der Waals surface area (Å²) in [6.45, 7) is 1.68. The van der Waals surface area contributed by atoms with Gasteiger partial charge in [-0.25, -0.2) is 4.79 Å². The Bertz CT molecular complexity index is 1610. The van der Waals surface area contributed by atoms with Crippen molar-refractivity contribution >= 4 is 28.5 Å².